The zero-order valence-corrected chi connectivity index (χ0v) is 14.1. The number of aromatic nitrogens is 1. The third-order valence-corrected chi connectivity index (χ3v) is 3.65. The third kappa shape index (κ3) is 4.58. The Morgan fingerprint density at radius 2 is 2.19 bits per heavy atom. The summed E-state index contributed by atoms with van der Waals surface area (Å²) < 4.78 is 12.2. The zero-order chi connectivity index (χ0) is 15.1. The van der Waals surface area contributed by atoms with Crippen LogP contribution in [0.3, 0.4) is 0 Å². The highest BCUT2D eigenvalue weighted by atomic mass is 79.9. The van der Waals surface area contributed by atoms with Crippen molar-refractivity contribution >= 4 is 15.9 Å². The molecule has 1 aromatic carbocycles. The van der Waals surface area contributed by atoms with Gasteiger partial charge in [-0.3, -0.25) is 0 Å². The molecule has 0 saturated heterocycles. The molecule has 2 rings (SSSR count). The average Bonchev–Trinajstić information content (AvgIpc) is 2.95. The van der Waals surface area contributed by atoms with Crippen LogP contribution in [0.5, 0.6) is 5.75 Å². The van der Waals surface area contributed by atoms with Crippen LogP contribution in [-0.4, -0.2) is 25.2 Å². The van der Waals surface area contributed by atoms with Crippen molar-refractivity contribution in [2.75, 3.05) is 20.2 Å². The molecule has 0 radical (unpaired) electrons. The summed E-state index contributed by atoms with van der Waals surface area (Å²) in [7, 11) is 1.65. The van der Waals surface area contributed by atoms with E-state index in [2.05, 4.69) is 33.2 Å². The normalized spacial score (nSPS) is 10.8. The number of benzene rings is 1. The van der Waals surface area contributed by atoms with Crippen LogP contribution in [0.1, 0.15) is 25.7 Å². The van der Waals surface area contributed by atoms with Crippen LogP contribution < -0.4 is 10.1 Å². The lowest BCUT2D eigenvalue weighted by Gasteiger charge is -2.06. The number of hydrogen-bond donors (Lipinski definition) is 1. The molecule has 1 aromatic heterocycles. The number of rotatable bonds is 8. The van der Waals surface area contributed by atoms with Gasteiger partial charge in [0.15, 0.2) is 11.7 Å². The van der Waals surface area contributed by atoms with Crippen molar-refractivity contribution in [3.63, 3.8) is 0 Å². The maximum absolute atomic E-state index is 5.82. The molecule has 0 spiro atoms. The van der Waals surface area contributed by atoms with Crippen molar-refractivity contribution in [2.24, 2.45) is 0 Å². The van der Waals surface area contributed by atoms with Crippen LogP contribution in [0.2, 0.25) is 0 Å². The Hall–Kier alpha value is -1.33. The van der Waals surface area contributed by atoms with Gasteiger partial charge in [0.2, 0.25) is 0 Å². The summed E-state index contributed by atoms with van der Waals surface area (Å²) in [5.41, 5.74) is 0.920. The summed E-state index contributed by atoms with van der Waals surface area (Å²) in [6.07, 6.45) is 4.79. The van der Waals surface area contributed by atoms with Gasteiger partial charge in [-0.1, -0.05) is 22.9 Å². The van der Waals surface area contributed by atoms with Gasteiger partial charge < -0.3 is 14.5 Å². The molecule has 0 fully saturated rings. The highest BCUT2D eigenvalue weighted by molar-refractivity contribution is 9.10. The van der Waals surface area contributed by atoms with Gasteiger partial charge in [-0.05, 0) is 44.1 Å². The molecule has 21 heavy (non-hydrogen) atoms. The van der Waals surface area contributed by atoms with E-state index in [1.165, 1.54) is 0 Å². The molecule has 0 bridgehead atoms. The quantitative estimate of drug-likeness (QED) is 0.728. The maximum Gasteiger partial charge on any atom is 0.194 e. The van der Waals surface area contributed by atoms with E-state index in [9.17, 15) is 0 Å². The van der Waals surface area contributed by atoms with Crippen LogP contribution >= 0.6 is 15.9 Å². The molecule has 1 N–H and O–H groups in total. The Morgan fingerprint density at radius 1 is 1.33 bits per heavy atom. The van der Waals surface area contributed by atoms with Gasteiger partial charge in [-0.25, -0.2) is 4.98 Å². The standard InChI is InChI=1S/C16H21BrN2O2/c1-3-8-18-9-4-5-16-19-11-15(21-16)13-7-6-12(17)10-14(13)20-2/h6-7,10-11,18H,3-5,8-9H2,1-2H3. The monoisotopic (exact) mass is 352 g/mol. The second kappa shape index (κ2) is 8.20. The van der Waals surface area contributed by atoms with Crippen LogP contribution in [0.4, 0.5) is 0 Å². The second-order valence-corrected chi connectivity index (χ2v) is 5.73. The molecule has 0 saturated carbocycles. The molecule has 0 aliphatic rings. The molecule has 0 atom stereocenters. The fourth-order valence-corrected chi connectivity index (χ4v) is 2.43. The van der Waals surface area contributed by atoms with E-state index in [0.29, 0.717) is 0 Å². The van der Waals surface area contributed by atoms with Crippen molar-refractivity contribution < 1.29 is 9.15 Å². The first-order chi connectivity index (χ1) is 10.2. The summed E-state index contributed by atoms with van der Waals surface area (Å²) in [5, 5.41) is 3.37. The average molecular weight is 353 g/mol. The third-order valence-electron chi connectivity index (χ3n) is 3.15. The topological polar surface area (TPSA) is 47.3 Å². The van der Waals surface area contributed by atoms with Gasteiger partial charge in [-0.2, -0.15) is 0 Å². The Balaban J connectivity index is 1.99. The Morgan fingerprint density at radius 3 is 2.95 bits per heavy atom. The minimum Gasteiger partial charge on any atom is -0.496 e. The molecule has 5 heteroatoms. The van der Waals surface area contributed by atoms with Crippen LogP contribution in [-0.2, 0) is 6.42 Å². The summed E-state index contributed by atoms with van der Waals surface area (Å²) in [5.74, 6) is 2.29. The van der Waals surface area contributed by atoms with Gasteiger partial charge in [0.25, 0.3) is 0 Å². The zero-order valence-electron chi connectivity index (χ0n) is 12.5. The van der Waals surface area contributed by atoms with E-state index in [4.69, 9.17) is 9.15 Å². The molecule has 0 aliphatic carbocycles. The summed E-state index contributed by atoms with van der Waals surface area (Å²) in [6, 6.07) is 5.86. The first-order valence-electron chi connectivity index (χ1n) is 7.24. The number of oxazole rings is 1. The predicted octanol–water partition coefficient (Wildman–Crippen LogP) is 4.04. The Kier molecular flexibility index (Phi) is 6.26. The minimum atomic E-state index is 0.746. The number of aryl methyl sites for hydroxylation is 1. The molecule has 1 heterocycles. The fraction of sp³-hybridized carbons (Fsp3) is 0.438. The van der Waals surface area contributed by atoms with E-state index < -0.39 is 0 Å². The highest BCUT2D eigenvalue weighted by Gasteiger charge is 2.11. The number of ether oxygens (including phenoxy) is 1. The van der Waals surface area contributed by atoms with Gasteiger partial charge in [0, 0.05) is 10.9 Å². The number of hydrogen-bond acceptors (Lipinski definition) is 4. The van der Waals surface area contributed by atoms with Crippen molar-refractivity contribution in [1.82, 2.24) is 10.3 Å². The summed E-state index contributed by atoms with van der Waals surface area (Å²) in [6.45, 7) is 4.22. The SMILES string of the molecule is CCCNCCCc1ncc(-c2ccc(Br)cc2OC)o1. The maximum atomic E-state index is 5.82. The van der Waals surface area contributed by atoms with Crippen molar-refractivity contribution in [2.45, 2.75) is 26.2 Å². The predicted molar refractivity (Wildman–Crippen MR) is 87.7 cm³/mol. The molecule has 4 nitrogen and oxygen atoms in total. The molecular weight excluding hydrogens is 332 g/mol. The van der Waals surface area contributed by atoms with Crippen molar-refractivity contribution in [3.05, 3.63) is 34.8 Å². The van der Waals surface area contributed by atoms with E-state index in [0.717, 1.165) is 59.8 Å². The molecule has 114 valence electrons. The first kappa shape index (κ1) is 16.0. The lowest BCUT2D eigenvalue weighted by atomic mass is 10.1. The Bertz CT molecular complexity index is 569. The van der Waals surface area contributed by atoms with Gasteiger partial charge in [-0.15, -0.1) is 0 Å². The van der Waals surface area contributed by atoms with E-state index in [-0.39, 0.29) is 0 Å². The van der Waals surface area contributed by atoms with Crippen LogP contribution in [0, 0.1) is 0 Å². The molecule has 0 aliphatic heterocycles. The largest absolute Gasteiger partial charge is 0.496 e. The fourth-order valence-electron chi connectivity index (χ4n) is 2.09. The number of halogens is 1. The molecular formula is C16H21BrN2O2. The summed E-state index contributed by atoms with van der Waals surface area (Å²) >= 11 is 3.44. The lowest BCUT2D eigenvalue weighted by Crippen LogP contribution is -2.16. The summed E-state index contributed by atoms with van der Waals surface area (Å²) in [4.78, 5) is 4.35. The lowest BCUT2D eigenvalue weighted by molar-refractivity contribution is 0.413. The van der Waals surface area contributed by atoms with Crippen molar-refractivity contribution in [1.29, 1.82) is 0 Å². The number of nitrogens with zero attached hydrogens (tertiary/aromatic N) is 1. The van der Waals surface area contributed by atoms with Gasteiger partial charge in [0.1, 0.15) is 5.75 Å². The molecule has 2 aromatic rings. The van der Waals surface area contributed by atoms with Crippen LogP contribution in [0.25, 0.3) is 11.3 Å². The van der Waals surface area contributed by atoms with Crippen LogP contribution in [0.15, 0.2) is 33.3 Å². The minimum absolute atomic E-state index is 0.746. The van der Waals surface area contributed by atoms with E-state index in [1.807, 2.05) is 18.2 Å². The van der Waals surface area contributed by atoms with Crippen molar-refractivity contribution in [3.8, 4) is 17.1 Å². The Labute approximate surface area is 134 Å². The smallest absolute Gasteiger partial charge is 0.194 e. The van der Waals surface area contributed by atoms with Gasteiger partial charge in [0.05, 0.1) is 18.9 Å². The van der Waals surface area contributed by atoms with E-state index in [1.54, 1.807) is 13.3 Å². The van der Waals surface area contributed by atoms with Gasteiger partial charge >= 0.3 is 0 Å². The molecule has 0 amide bonds. The number of methoxy groups -OCH3 is 1. The number of nitrogens with one attached hydrogen (secondary N) is 1. The second-order valence-electron chi connectivity index (χ2n) is 4.82. The molecule has 0 unspecified atom stereocenters. The first-order valence-corrected chi connectivity index (χ1v) is 8.03. The highest BCUT2D eigenvalue weighted by Crippen LogP contribution is 2.32. The van der Waals surface area contributed by atoms with E-state index >= 15 is 0 Å².